The number of rotatable bonds is 6. The summed E-state index contributed by atoms with van der Waals surface area (Å²) in [5, 5.41) is 12.9. The fourth-order valence-corrected chi connectivity index (χ4v) is 4.29. The first-order chi connectivity index (χ1) is 16.2. The molecule has 4 aromatic carbocycles. The van der Waals surface area contributed by atoms with E-state index < -0.39 is 11.2 Å². The Bertz CT molecular complexity index is 1460. The van der Waals surface area contributed by atoms with E-state index in [4.69, 9.17) is 4.65 Å². The summed E-state index contributed by atoms with van der Waals surface area (Å²) in [6.07, 6.45) is 0. The number of nitrogens with zero attached hydrogens (tertiary/aromatic N) is 1. The van der Waals surface area contributed by atoms with Crippen LogP contribution in [0.15, 0.2) is 97.1 Å². The Balaban J connectivity index is 1.59. The van der Waals surface area contributed by atoms with Crippen LogP contribution in [-0.2, 0) is 4.65 Å². The van der Waals surface area contributed by atoms with Crippen LogP contribution in [0.5, 0.6) is 0 Å². The molecule has 5 aromatic rings. The van der Waals surface area contributed by atoms with Gasteiger partial charge in [0.1, 0.15) is 0 Å². The molecule has 0 amide bonds. The molecule has 4 heteroatoms. The molecule has 0 bridgehead atoms. The maximum absolute atomic E-state index is 10.4. The van der Waals surface area contributed by atoms with Crippen LogP contribution in [0.25, 0.3) is 38.6 Å². The largest absolute Gasteiger partial charge is 0.427 e. The molecule has 0 fully saturated rings. The average Bonchev–Trinajstić information content (AvgIpc) is 3.17. The molecule has 1 aromatic heterocycles. The number of hydrogen-bond acceptors (Lipinski definition) is 2. The van der Waals surface area contributed by atoms with Crippen LogP contribution < -0.4 is 5.46 Å². The first-order valence-electron chi connectivity index (χ1n) is 11.8. The highest BCUT2D eigenvalue weighted by Gasteiger charge is 2.35. The Kier molecular flexibility index (Phi) is 5.59. The van der Waals surface area contributed by atoms with E-state index in [-0.39, 0.29) is 0 Å². The summed E-state index contributed by atoms with van der Waals surface area (Å²) in [6.45, 7) is 7.42. The van der Waals surface area contributed by atoms with Crippen molar-refractivity contribution in [1.29, 1.82) is 0 Å². The molecular weight excluding hydrogens is 417 g/mol. The number of hydrogen-bond donors (Lipinski definition) is 1. The summed E-state index contributed by atoms with van der Waals surface area (Å²) in [5.41, 5.74) is 5.36. The minimum Gasteiger partial charge on any atom is -0.427 e. The average molecular weight is 447 g/mol. The molecule has 170 valence electrons. The van der Waals surface area contributed by atoms with Crippen LogP contribution in [0.3, 0.4) is 0 Å². The van der Waals surface area contributed by atoms with Gasteiger partial charge in [-0.3, -0.25) is 0 Å². The van der Waals surface area contributed by atoms with E-state index in [0.29, 0.717) is 7.48 Å². The first-order valence-corrected chi connectivity index (χ1v) is 11.8. The molecule has 34 heavy (non-hydrogen) atoms. The fourth-order valence-electron chi connectivity index (χ4n) is 4.29. The van der Waals surface area contributed by atoms with Gasteiger partial charge in [0.25, 0.3) is 0 Å². The Morgan fingerprint density at radius 1 is 0.676 bits per heavy atom. The van der Waals surface area contributed by atoms with Gasteiger partial charge in [-0.1, -0.05) is 72.2 Å². The molecule has 0 aliphatic carbocycles. The summed E-state index contributed by atoms with van der Waals surface area (Å²) in [5.74, 6) is 0. The topological polar surface area (TPSA) is 34.4 Å². The van der Waals surface area contributed by atoms with E-state index >= 15 is 0 Å². The number of fused-ring (bicyclic) bond motifs is 3. The second kappa shape index (κ2) is 8.46. The maximum atomic E-state index is 10.4. The van der Waals surface area contributed by atoms with Crippen molar-refractivity contribution in [2.75, 3.05) is 0 Å². The standard InChI is InChI=1S/C30H30BNO2/c1-29(2,33)30(3,4)34-31-23-13-10-14-24(20-23)32-27-16-9-8-15-25(27)26-19-22(17-18-28(26)32)21-11-6-5-7-12-21/h5-20,31,33H,1-4H3. The lowest BCUT2D eigenvalue weighted by molar-refractivity contribution is -0.0893. The third-order valence-corrected chi connectivity index (χ3v) is 7.02. The second-order valence-electron chi connectivity index (χ2n) is 9.98. The highest BCUT2D eigenvalue weighted by atomic mass is 16.5. The van der Waals surface area contributed by atoms with Crippen LogP contribution in [0.2, 0.25) is 0 Å². The van der Waals surface area contributed by atoms with Crippen LogP contribution >= 0.6 is 0 Å². The van der Waals surface area contributed by atoms with E-state index in [2.05, 4.69) is 95.6 Å². The van der Waals surface area contributed by atoms with E-state index in [1.54, 1.807) is 13.8 Å². The van der Waals surface area contributed by atoms with Gasteiger partial charge in [-0.05, 0) is 69.2 Å². The van der Waals surface area contributed by atoms with Gasteiger partial charge in [0, 0.05) is 16.5 Å². The predicted molar refractivity (Wildman–Crippen MR) is 144 cm³/mol. The van der Waals surface area contributed by atoms with Crippen molar-refractivity contribution in [2.45, 2.75) is 38.9 Å². The molecule has 5 rings (SSSR count). The summed E-state index contributed by atoms with van der Waals surface area (Å²) >= 11 is 0. The number of aliphatic hydroxyl groups is 1. The van der Waals surface area contributed by atoms with Gasteiger partial charge in [-0.25, -0.2) is 0 Å². The third kappa shape index (κ3) is 4.04. The minimum absolute atomic E-state index is 0.431. The zero-order valence-electron chi connectivity index (χ0n) is 20.2. The fraction of sp³-hybridized carbons (Fsp3) is 0.200. The van der Waals surface area contributed by atoms with E-state index in [1.165, 1.54) is 32.9 Å². The monoisotopic (exact) mass is 447 g/mol. The predicted octanol–water partition coefficient (Wildman–Crippen LogP) is 5.99. The van der Waals surface area contributed by atoms with Crippen molar-refractivity contribution in [3.05, 3.63) is 97.1 Å². The van der Waals surface area contributed by atoms with Crippen LogP contribution in [0.4, 0.5) is 0 Å². The molecular formula is C30H30BNO2. The highest BCUT2D eigenvalue weighted by Crippen LogP contribution is 2.34. The molecule has 0 radical (unpaired) electrons. The summed E-state index contributed by atoms with van der Waals surface area (Å²) < 4.78 is 8.46. The molecule has 0 spiro atoms. The molecule has 0 aliphatic rings. The number of para-hydroxylation sites is 1. The van der Waals surface area contributed by atoms with Crippen LogP contribution in [0.1, 0.15) is 27.7 Å². The normalized spacial score (nSPS) is 12.4. The van der Waals surface area contributed by atoms with E-state index in [0.717, 1.165) is 11.2 Å². The van der Waals surface area contributed by atoms with Crippen molar-refractivity contribution in [2.24, 2.45) is 0 Å². The zero-order chi connectivity index (χ0) is 23.9. The van der Waals surface area contributed by atoms with Gasteiger partial charge in [0.05, 0.1) is 22.2 Å². The van der Waals surface area contributed by atoms with Gasteiger partial charge in [0.15, 0.2) is 0 Å². The SMILES string of the molecule is CC(C)(O)C(C)(C)OBc1cccc(-n2c3ccccc3c3cc(-c4ccccc4)ccc32)c1. The lowest BCUT2D eigenvalue weighted by Crippen LogP contribution is -2.49. The second-order valence-corrected chi connectivity index (χ2v) is 9.98. The lowest BCUT2D eigenvalue weighted by atomic mass is 9.82. The molecule has 1 N–H and O–H groups in total. The van der Waals surface area contributed by atoms with Gasteiger partial charge in [0.2, 0.25) is 0 Å². The van der Waals surface area contributed by atoms with E-state index in [1.807, 2.05) is 19.9 Å². The molecule has 1 heterocycles. The smallest absolute Gasteiger partial charge is 0.309 e. The Morgan fingerprint density at radius 3 is 2.15 bits per heavy atom. The summed E-state index contributed by atoms with van der Waals surface area (Å²) in [6, 6.07) is 34.3. The molecule has 0 atom stereocenters. The molecule has 0 unspecified atom stereocenters. The summed E-state index contributed by atoms with van der Waals surface area (Å²) in [4.78, 5) is 0. The third-order valence-electron chi connectivity index (χ3n) is 7.02. The molecule has 0 aliphatic heterocycles. The van der Waals surface area contributed by atoms with Gasteiger partial charge < -0.3 is 14.3 Å². The van der Waals surface area contributed by atoms with Crippen molar-refractivity contribution in [1.82, 2.24) is 4.57 Å². The van der Waals surface area contributed by atoms with Crippen molar-refractivity contribution >= 4 is 34.8 Å². The molecule has 3 nitrogen and oxygen atoms in total. The number of benzene rings is 4. The Morgan fingerprint density at radius 2 is 1.38 bits per heavy atom. The Labute approximate surface area is 201 Å². The van der Waals surface area contributed by atoms with E-state index in [9.17, 15) is 5.11 Å². The van der Waals surface area contributed by atoms with Crippen LogP contribution in [-0.4, -0.2) is 28.4 Å². The maximum Gasteiger partial charge on any atom is 0.309 e. The van der Waals surface area contributed by atoms with Crippen molar-refractivity contribution in [3.63, 3.8) is 0 Å². The quantitative estimate of drug-likeness (QED) is 0.324. The summed E-state index contributed by atoms with van der Waals surface area (Å²) in [7, 11) is 0.431. The number of aromatic nitrogens is 1. The lowest BCUT2D eigenvalue weighted by Gasteiger charge is -2.37. The van der Waals surface area contributed by atoms with Crippen molar-refractivity contribution < 1.29 is 9.76 Å². The van der Waals surface area contributed by atoms with Gasteiger partial charge >= 0.3 is 7.48 Å². The van der Waals surface area contributed by atoms with Crippen LogP contribution in [0, 0.1) is 0 Å². The molecule has 0 saturated carbocycles. The minimum atomic E-state index is -0.937. The zero-order valence-corrected chi connectivity index (χ0v) is 20.2. The Hall–Kier alpha value is -3.34. The van der Waals surface area contributed by atoms with Crippen molar-refractivity contribution in [3.8, 4) is 16.8 Å². The first kappa shape index (κ1) is 22.5. The molecule has 0 saturated heterocycles. The highest BCUT2D eigenvalue weighted by molar-refractivity contribution is 6.47. The van der Waals surface area contributed by atoms with Gasteiger partial charge in [-0.2, -0.15) is 0 Å². The van der Waals surface area contributed by atoms with Gasteiger partial charge in [-0.15, -0.1) is 0 Å².